The lowest BCUT2D eigenvalue weighted by Gasteiger charge is -2.29. The monoisotopic (exact) mass is 371 g/mol. The summed E-state index contributed by atoms with van der Waals surface area (Å²) in [6.45, 7) is 0. The summed E-state index contributed by atoms with van der Waals surface area (Å²) in [7, 11) is 1.40. The maximum absolute atomic E-state index is 12.7. The fourth-order valence-corrected chi connectivity index (χ4v) is 4.39. The van der Waals surface area contributed by atoms with Crippen molar-refractivity contribution in [2.45, 2.75) is 12.6 Å². The van der Waals surface area contributed by atoms with Gasteiger partial charge in [0.1, 0.15) is 0 Å². The van der Waals surface area contributed by atoms with Gasteiger partial charge in [0, 0.05) is 13.2 Å². The molecule has 0 unspecified atom stereocenters. The van der Waals surface area contributed by atoms with Crippen molar-refractivity contribution in [1.29, 1.82) is 0 Å². The van der Waals surface area contributed by atoms with E-state index >= 15 is 0 Å². The second-order valence-corrected chi connectivity index (χ2v) is 6.95. The molecule has 132 valence electrons. The third-order valence-corrected chi connectivity index (χ3v) is 5.48. The van der Waals surface area contributed by atoms with Crippen molar-refractivity contribution < 1.29 is 22.8 Å². The number of hydrazine groups is 1. The Hall–Kier alpha value is -2.09. The van der Waals surface area contributed by atoms with Crippen LogP contribution in [0.2, 0.25) is 5.02 Å². The van der Waals surface area contributed by atoms with Crippen molar-refractivity contribution >= 4 is 29.2 Å². The van der Waals surface area contributed by atoms with Gasteiger partial charge in [0.2, 0.25) is 0 Å². The zero-order chi connectivity index (χ0) is 18.1. The molecular weight excluding hydrogens is 359 g/mol. The van der Waals surface area contributed by atoms with E-state index in [1.165, 1.54) is 7.05 Å². The number of nitrogens with zero attached hydrogens (tertiary/aromatic N) is 3. The number of carbonyl (C=O) groups excluding carboxylic acids is 2. The number of fused-ring (bicyclic) bond motifs is 5. The number of carbonyl (C=O) groups is 2. The van der Waals surface area contributed by atoms with Gasteiger partial charge in [-0.1, -0.05) is 23.8 Å². The molecule has 2 aliphatic carbocycles. The topological polar surface area (TPSA) is 53.5 Å². The van der Waals surface area contributed by atoms with Gasteiger partial charge in [-0.05, 0) is 24.3 Å². The Morgan fingerprint density at radius 1 is 1.20 bits per heavy atom. The van der Waals surface area contributed by atoms with Crippen LogP contribution in [0.15, 0.2) is 24.4 Å². The summed E-state index contributed by atoms with van der Waals surface area (Å²) in [5.74, 6) is -1.51. The van der Waals surface area contributed by atoms with Crippen LogP contribution in [0.25, 0.3) is 0 Å². The van der Waals surface area contributed by atoms with Gasteiger partial charge in [-0.2, -0.15) is 18.2 Å². The van der Waals surface area contributed by atoms with Crippen LogP contribution in [0.3, 0.4) is 0 Å². The Kier molecular flexibility index (Phi) is 3.41. The quantitative estimate of drug-likeness (QED) is 0.592. The molecule has 3 aliphatic rings. The van der Waals surface area contributed by atoms with E-state index in [2.05, 4.69) is 4.98 Å². The molecule has 2 amide bonds. The molecule has 1 aromatic rings. The van der Waals surface area contributed by atoms with Crippen LogP contribution in [-0.4, -0.2) is 28.9 Å². The third kappa shape index (κ3) is 2.27. The molecule has 0 radical (unpaired) electrons. The number of halogens is 4. The molecule has 4 rings (SSSR count). The summed E-state index contributed by atoms with van der Waals surface area (Å²) >= 11 is 5.93. The van der Waals surface area contributed by atoms with Gasteiger partial charge in [0.25, 0.3) is 11.8 Å². The zero-order valence-electron chi connectivity index (χ0n) is 13.0. The predicted octanol–water partition coefficient (Wildman–Crippen LogP) is 2.91. The van der Waals surface area contributed by atoms with Crippen LogP contribution in [0.5, 0.6) is 0 Å². The number of pyridine rings is 1. The first kappa shape index (κ1) is 16.4. The van der Waals surface area contributed by atoms with Gasteiger partial charge in [0.05, 0.1) is 22.4 Å². The van der Waals surface area contributed by atoms with Crippen LogP contribution in [0.4, 0.5) is 19.0 Å². The van der Waals surface area contributed by atoms with E-state index in [0.717, 1.165) is 22.5 Å². The van der Waals surface area contributed by atoms with E-state index in [1.54, 1.807) is 0 Å². The fraction of sp³-hybridized carbons (Fsp3) is 0.438. The molecule has 0 N–H and O–H groups in total. The normalized spacial score (nSPS) is 30.4. The largest absolute Gasteiger partial charge is 0.417 e. The van der Waals surface area contributed by atoms with Crippen LogP contribution in [0, 0.1) is 23.7 Å². The second kappa shape index (κ2) is 5.20. The first-order chi connectivity index (χ1) is 11.7. The molecule has 1 saturated heterocycles. The minimum Gasteiger partial charge on any atom is -0.272 e. The van der Waals surface area contributed by atoms with Crippen molar-refractivity contribution in [1.82, 2.24) is 9.99 Å². The highest BCUT2D eigenvalue weighted by Gasteiger charge is 2.60. The number of allylic oxidation sites excluding steroid dienone is 2. The molecule has 0 spiro atoms. The molecule has 4 atom stereocenters. The molecule has 2 heterocycles. The van der Waals surface area contributed by atoms with Gasteiger partial charge in [0.15, 0.2) is 5.82 Å². The van der Waals surface area contributed by atoms with Crippen molar-refractivity contribution in [3.8, 4) is 0 Å². The summed E-state index contributed by atoms with van der Waals surface area (Å²) in [6, 6.07) is 0.734. The number of imide groups is 1. The number of rotatable bonds is 2. The van der Waals surface area contributed by atoms with Gasteiger partial charge >= 0.3 is 6.18 Å². The van der Waals surface area contributed by atoms with Crippen molar-refractivity contribution in [3.05, 3.63) is 35.0 Å². The standard InChI is InChI=1S/C16H13ClF3N3O2/c1-22(13-10(17)5-9(6-21-13)16(18,19)20)23-14(24)11-7-2-3-8(4-7)12(11)15(23)25/h2-3,5-8,11-12H,4H2,1H3/t7-,8-,11+,12+/m0/s1. The van der Waals surface area contributed by atoms with Crippen LogP contribution in [0.1, 0.15) is 12.0 Å². The van der Waals surface area contributed by atoms with Crippen LogP contribution >= 0.6 is 11.6 Å². The Morgan fingerprint density at radius 2 is 1.76 bits per heavy atom. The molecule has 25 heavy (non-hydrogen) atoms. The Morgan fingerprint density at radius 3 is 2.24 bits per heavy atom. The number of alkyl halides is 3. The molecule has 1 aliphatic heterocycles. The molecule has 2 fully saturated rings. The fourth-order valence-electron chi connectivity index (χ4n) is 4.10. The van der Waals surface area contributed by atoms with E-state index in [0.29, 0.717) is 6.20 Å². The first-order valence-corrected chi connectivity index (χ1v) is 8.10. The van der Waals surface area contributed by atoms with Crippen LogP contribution < -0.4 is 5.01 Å². The Balaban J connectivity index is 1.65. The van der Waals surface area contributed by atoms with Crippen molar-refractivity contribution in [3.63, 3.8) is 0 Å². The zero-order valence-corrected chi connectivity index (χ0v) is 13.8. The van der Waals surface area contributed by atoms with E-state index in [9.17, 15) is 22.8 Å². The third-order valence-electron chi connectivity index (χ3n) is 5.20. The SMILES string of the molecule is CN(c1ncc(C(F)(F)F)cc1Cl)N1C(=O)[C@H]2[C@H](C1=O)[C@H]1C=C[C@H]2C1. The molecule has 2 bridgehead atoms. The minimum absolute atomic E-state index is 0.0425. The Labute approximate surface area is 146 Å². The summed E-state index contributed by atoms with van der Waals surface area (Å²) in [5, 5.41) is 1.82. The number of anilines is 1. The summed E-state index contributed by atoms with van der Waals surface area (Å²) in [6.07, 6.45) is 0.779. The molecule has 5 nitrogen and oxygen atoms in total. The predicted molar refractivity (Wildman–Crippen MR) is 82.2 cm³/mol. The lowest BCUT2D eigenvalue weighted by molar-refractivity contribution is -0.141. The highest BCUT2D eigenvalue weighted by Crippen LogP contribution is 2.53. The average Bonchev–Trinajstić information content (AvgIpc) is 3.20. The van der Waals surface area contributed by atoms with E-state index in [-0.39, 0.29) is 34.5 Å². The minimum atomic E-state index is -4.57. The average molecular weight is 372 g/mol. The highest BCUT2D eigenvalue weighted by atomic mass is 35.5. The lowest BCUT2D eigenvalue weighted by Crippen LogP contribution is -2.46. The summed E-state index contributed by atoms with van der Waals surface area (Å²) in [5.41, 5.74) is -0.993. The molecule has 0 aromatic carbocycles. The smallest absolute Gasteiger partial charge is 0.272 e. The van der Waals surface area contributed by atoms with Gasteiger partial charge in [-0.25, -0.2) is 4.98 Å². The van der Waals surface area contributed by atoms with E-state index in [1.807, 2.05) is 12.2 Å². The molecule has 9 heteroatoms. The van der Waals surface area contributed by atoms with E-state index < -0.39 is 23.6 Å². The number of amides is 2. The maximum atomic E-state index is 12.7. The van der Waals surface area contributed by atoms with Gasteiger partial charge < -0.3 is 0 Å². The second-order valence-electron chi connectivity index (χ2n) is 6.54. The lowest BCUT2D eigenvalue weighted by atomic mass is 9.85. The maximum Gasteiger partial charge on any atom is 0.417 e. The number of hydrogen-bond acceptors (Lipinski definition) is 4. The highest BCUT2D eigenvalue weighted by molar-refractivity contribution is 6.33. The van der Waals surface area contributed by atoms with Crippen molar-refractivity contribution in [2.24, 2.45) is 23.7 Å². The molecule has 1 saturated carbocycles. The van der Waals surface area contributed by atoms with Gasteiger partial charge in [-0.3, -0.25) is 14.6 Å². The molecule has 1 aromatic heterocycles. The van der Waals surface area contributed by atoms with Gasteiger partial charge in [-0.15, -0.1) is 0 Å². The van der Waals surface area contributed by atoms with E-state index in [4.69, 9.17) is 11.6 Å². The van der Waals surface area contributed by atoms with Crippen molar-refractivity contribution in [2.75, 3.05) is 12.1 Å². The summed E-state index contributed by atoms with van der Waals surface area (Å²) in [4.78, 5) is 29.2. The van der Waals surface area contributed by atoms with Crippen LogP contribution in [-0.2, 0) is 15.8 Å². The Bertz CT molecular complexity index is 780. The first-order valence-electron chi connectivity index (χ1n) is 7.72. The summed E-state index contributed by atoms with van der Waals surface area (Å²) < 4.78 is 38.2. The number of aromatic nitrogens is 1. The number of hydrogen-bond donors (Lipinski definition) is 0. The molecular formula is C16H13ClF3N3O2.